The fourth-order valence-electron chi connectivity index (χ4n) is 2.54. The van der Waals surface area contributed by atoms with Crippen molar-refractivity contribution in [3.63, 3.8) is 0 Å². The molecule has 5 nitrogen and oxygen atoms in total. The molecule has 0 unspecified atom stereocenters. The molecule has 3 rings (SSSR count). The minimum atomic E-state index is -0.766. The number of para-hydroxylation sites is 1. The number of carbonyl (C=O) groups is 2. The highest BCUT2D eigenvalue weighted by molar-refractivity contribution is 6.06. The van der Waals surface area contributed by atoms with Crippen LogP contribution in [0.15, 0.2) is 79.1 Å². The third-order valence-electron chi connectivity index (χ3n) is 3.88. The first kappa shape index (κ1) is 18.3. The van der Waals surface area contributed by atoms with Gasteiger partial charge in [0, 0.05) is 23.6 Å². The van der Waals surface area contributed by atoms with E-state index in [1.165, 1.54) is 35.5 Å². The summed E-state index contributed by atoms with van der Waals surface area (Å²) in [4.78, 5) is 30.3. The number of hydrogen-bond donors (Lipinski definition) is 0. The van der Waals surface area contributed by atoms with Crippen LogP contribution in [-0.4, -0.2) is 30.0 Å². The molecule has 6 heteroatoms. The molecule has 0 aliphatic rings. The van der Waals surface area contributed by atoms with Gasteiger partial charge in [-0.15, -0.1) is 0 Å². The number of aromatic nitrogens is 1. The Morgan fingerprint density at radius 2 is 1.59 bits per heavy atom. The molecule has 0 spiro atoms. The summed E-state index contributed by atoms with van der Waals surface area (Å²) < 4.78 is 18.8. The van der Waals surface area contributed by atoms with Gasteiger partial charge in [0.25, 0.3) is 5.91 Å². The highest BCUT2D eigenvalue weighted by Crippen LogP contribution is 2.17. The minimum Gasteiger partial charge on any atom is -0.460 e. The van der Waals surface area contributed by atoms with Crippen molar-refractivity contribution in [1.82, 2.24) is 4.98 Å². The normalized spacial score (nSPS) is 10.3. The van der Waals surface area contributed by atoms with E-state index in [0.29, 0.717) is 11.3 Å². The van der Waals surface area contributed by atoms with E-state index in [2.05, 4.69) is 4.98 Å². The average Bonchev–Trinajstić information content (AvgIpc) is 2.72. The van der Waals surface area contributed by atoms with E-state index < -0.39 is 11.8 Å². The number of carbonyl (C=O) groups excluding carboxylic acids is 2. The van der Waals surface area contributed by atoms with Crippen LogP contribution >= 0.6 is 0 Å². The lowest BCUT2D eigenvalue weighted by atomic mass is 10.2. The summed E-state index contributed by atoms with van der Waals surface area (Å²) in [6.45, 7) is 0.0598. The molecule has 1 amide bonds. The Bertz CT molecular complexity index is 917. The second-order valence-electron chi connectivity index (χ2n) is 5.64. The smallest absolute Gasteiger partial charge is 0.341 e. The fraction of sp³-hybridized carbons (Fsp3) is 0.0952. The molecule has 0 aliphatic carbocycles. The predicted molar refractivity (Wildman–Crippen MR) is 99.0 cm³/mol. The van der Waals surface area contributed by atoms with E-state index in [4.69, 9.17) is 4.74 Å². The lowest BCUT2D eigenvalue weighted by Gasteiger charge is -2.22. The number of anilines is 1. The molecule has 0 aliphatic heterocycles. The van der Waals surface area contributed by atoms with Crippen molar-refractivity contribution in [2.45, 2.75) is 0 Å². The van der Waals surface area contributed by atoms with Gasteiger partial charge in [0.2, 0.25) is 0 Å². The predicted octanol–water partition coefficient (Wildman–Crippen LogP) is 3.72. The number of rotatable bonds is 6. The van der Waals surface area contributed by atoms with Gasteiger partial charge in [0.05, 0.1) is 12.1 Å². The number of benzene rings is 2. The van der Waals surface area contributed by atoms with Gasteiger partial charge in [-0.05, 0) is 36.4 Å². The van der Waals surface area contributed by atoms with Crippen molar-refractivity contribution in [2.24, 2.45) is 0 Å². The Balaban J connectivity index is 1.72. The zero-order valence-corrected chi connectivity index (χ0v) is 14.4. The van der Waals surface area contributed by atoms with Crippen LogP contribution in [0, 0.1) is 5.82 Å². The van der Waals surface area contributed by atoms with E-state index in [0.717, 1.165) is 0 Å². The number of pyridine rings is 1. The second kappa shape index (κ2) is 8.71. The Morgan fingerprint density at radius 3 is 2.30 bits per heavy atom. The summed E-state index contributed by atoms with van der Waals surface area (Å²) in [6, 6.07) is 17.9. The summed E-state index contributed by atoms with van der Waals surface area (Å²) >= 11 is 0. The molecule has 0 fully saturated rings. The summed E-state index contributed by atoms with van der Waals surface area (Å²) in [6.07, 6.45) is 3.07. The first-order chi connectivity index (χ1) is 13.2. The van der Waals surface area contributed by atoms with Crippen LogP contribution in [0.4, 0.5) is 10.1 Å². The van der Waals surface area contributed by atoms with Crippen molar-refractivity contribution in [1.29, 1.82) is 0 Å². The van der Waals surface area contributed by atoms with E-state index in [9.17, 15) is 14.0 Å². The van der Waals surface area contributed by atoms with E-state index in [1.54, 1.807) is 30.3 Å². The number of halogens is 1. The molecule has 0 N–H and O–H groups in total. The van der Waals surface area contributed by atoms with Crippen molar-refractivity contribution < 1.29 is 18.7 Å². The third-order valence-corrected chi connectivity index (χ3v) is 3.88. The molecule has 0 saturated carbocycles. The number of esters is 1. The largest absolute Gasteiger partial charge is 0.460 e. The Labute approximate surface area is 156 Å². The molecule has 1 heterocycles. The summed E-state index contributed by atoms with van der Waals surface area (Å²) in [5.41, 5.74) is 1.000. The van der Waals surface area contributed by atoms with Gasteiger partial charge in [-0.25, -0.2) is 9.18 Å². The first-order valence-electron chi connectivity index (χ1n) is 8.35. The van der Waals surface area contributed by atoms with Gasteiger partial charge in [-0.3, -0.25) is 9.78 Å². The lowest BCUT2D eigenvalue weighted by molar-refractivity contribution is 0.0506. The standard InChI is InChI=1S/C21H17FN2O3/c22-19-9-5-4-8-18(19)21(26)27-15-14-24(17-6-2-1-3-7-17)20(25)16-10-12-23-13-11-16/h1-13H,14-15H2. The molecule has 2 aromatic carbocycles. The summed E-state index contributed by atoms with van der Waals surface area (Å²) in [7, 11) is 0. The van der Waals surface area contributed by atoms with Crippen LogP contribution in [0.25, 0.3) is 0 Å². The van der Waals surface area contributed by atoms with Gasteiger partial charge in [-0.1, -0.05) is 30.3 Å². The number of nitrogens with zero attached hydrogens (tertiary/aromatic N) is 2. The molecule has 136 valence electrons. The molecular formula is C21H17FN2O3. The molecule has 0 atom stereocenters. The van der Waals surface area contributed by atoms with Crippen molar-refractivity contribution in [3.8, 4) is 0 Å². The van der Waals surface area contributed by atoms with Crippen LogP contribution in [0.5, 0.6) is 0 Å². The topological polar surface area (TPSA) is 59.5 Å². The van der Waals surface area contributed by atoms with Crippen molar-refractivity contribution >= 4 is 17.6 Å². The third kappa shape index (κ3) is 4.55. The maximum Gasteiger partial charge on any atom is 0.341 e. The fourth-order valence-corrected chi connectivity index (χ4v) is 2.54. The zero-order valence-electron chi connectivity index (χ0n) is 14.4. The molecule has 0 bridgehead atoms. The molecular weight excluding hydrogens is 347 g/mol. The van der Waals surface area contributed by atoms with Crippen molar-refractivity contribution in [2.75, 3.05) is 18.1 Å². The average molecular weight is 364 g/mol. The van der Waals surface area contributed by atoms with E-state index in [1.807, 2.05) is 18.2 Å². The van der Waals surface area contributed by atoms with Crippen LogP contribution in [0.1, 0.15) is 20.7 Å². The number of amides is 1. The summed E-state index contributed by atoms with van der Waals surface area (Å²) in [5.74, 6) is -1.65. The quantitative estimate of drug-likeness (QED) is 0.626. The molecule has 0 saturated heterocycles. The van der Waals surface area contributed by atoms with E-state index >= 15 is 0 Å². The summed E-state index contributed by atoms with van der Waals surface area (Å²) in [5, 5.41) is 0. The lowest BCUT2D eigenvalue weighted by Crippen LogP contribution is -2.34. The monoisotopic (exact) mass is 364 g/mol. The van der Waals surface area contributed by atoms with Crippen LogP contribution in [-0.2, 0) is 4.74 Å². The SMILES string of the molecule is O=C(OCCN(C(=O)c1ccncc1)c1ccccc1)c1ccccc1F. The molecule has 0 radical (unpaired) electrons. The molecule has 1 aromatic heterocycles. The van der Waals surface area contributed by atoms with Gasteiger partial charge >= 0.3 is 5.97 Å². The van der Waals surface area contributed by atoms with E-state index in [-0.39, 0.29) is 24.6 Å². The zero-order chi connectivity index (χ0) is 19.1. The Morgan fingerprint density at radius 1 is 0.926 bits per heavy atom. The van der Waals surface area contributed by atoms with Crippen LogP contribution < -0.4 is 4.90 Å². The number of hydrogen-bond acceptors (Lipinski definition) is 4. The van der Waals surface area contributed by atoms with Crippen molar-refractivity contribution in [3.05, 3.63) is 96.1 Å². The van der Waals surface area contributed by atoms with Crippen LogP contribution in [0.3, 0.4) is 0 Å². The minimum absolute atomic E-state index is 0.0706. The Hall–Kier alpha value is -3.54. The van der Waals surface area contributed by atoms with Crippen LogP contribution in [0.2, 0.25) is 0 Å². The molecule has 27 heavy (non-hydrogen) atoms. The second-order valence-corrected chi connectivity index (χ2v) is 5.64. The van der Waals surface area contributed by atoms with Gasteiger partial charge in [0.15, 0.2) is 0 Å². The maximum atomic E-state index is 13.7. The highest BCUT2D eigenvalue weighted by Gasteiger charge is 2.19. The van der Waals surface area contributed by atoms with Gasteiger partial charge in [-0.2, -0.15) is 0 Å². The van der Waals surface area contributed by atoms with Gasteiger partial charge < -0.3 is 9.64 Å². The Kier molecular flexibility index (Phi) is 5.89. The maximum absolute atomic E-state index is 13.7. The molecule has 3 aromatic rings. The van der Waals surface area contributed by atoms with Gasteiger partial charge in [0.1, 0.15) is 12.4 Å². The highest BCUT2D eigenvalue weighted by atomic mass is 19.1. The first-order valence-corrected chi connectivity index (χ1v) is 8.35. The number of ether oxygens (including phenoxy) is 1.